The van der Waals surface area contributed by atoms with Gasteiger partial charge in [0.1, 0.15) is 5.75 Å². The highest BCUT2D eigenvalue weighted by molar-refractivity contribution is 7.92. The molecule has 1 heterocycles. The van der Waals surface area contributed by atoms with Crippen molar-refractivity contribution in [2.45, 2.75) is 31.6 Å². The molecule has 0 aliphatic carbocycles. The molecule has 2 aromatic carbocycles. The average Bonchev–Trinajstić information content (AvgIpc) is 2.95. The Balaban J connectivity index is 2.03. The van der Waals surface area contributed by atoms with Crippen LogP contribution in [0.2, 0.25) is 0 Å². The van der Waals surface area contributed by atoms with Gasteiger partial charge in [0, 0.05) is 12.8 Å². The Morgan fingerprint density at radius 2 is 1.67 bits per heavy atom. The van der Waals surface area contributed by atoms with Crippen LogP contribution in [0, 0.1) is 13.8 Å². The summed E-state index contributed by atoms with van der Waals surface area (Å²) >= 11 is 0. The molecule has 1 aliphatic rings. The predicted octanol–water partition coefficient (Wildman–Crippen LogP) is 2.77. The van der Waals surface area contributed by atoms with Gasteiger partial charge in [-0.05, 0) is 49.2 Å². The molecule has 2 aromatic rings. The Morgan fingerprint density at radius 3 is 2.30 bits per heavy atom. The maximum absolute atomic E-state index is 12.9. The number of nitrogens with zero attached hydrogens (tertiary/aromatic N) is 1. The largest absolute Gasteiger partial charge is 0.495 e. The topological polar surface area (TPSA) is 92.8 Å². The van der Waals surface area contributed by atoms with Crippen LogP contribution in [0.3, 0.4) is 0 Å². The number of carbonyl (C=O) groups is 2. The van der Waals surface area contributed by atoms with Crippen LogP contribution >= 0.6 is 0 Å². The number of carbonyl (C=O) groups excluding carboxylic acids is 2. The van der Waals surface area contributed by atoms with Crippen molar-refractivity contribution < 1.29 is 22.7 Å². The third kappa shape index (κ3) is 3.66. The molecule has 1 aliphatic heterocycles. The number of rotatable bonds is 5. The molecular weight excluding hydrogens is 368 g/mol. The van der Waals surface area contributed by atoms with Gasteiger partial charge in [-0.2, -0.15) is 0 Å². The van der Waals surface area contributed by atoms with E-state index >= 15 is 0 Å². The minimum Gasteiger partial charge on any atom is -0.495 e. The molecule has 0 unspecified atom stereocenters. The van der Waals surface area contributed by atoms with Crippen LogP contribution < -0.4 is 14.4 Å². The number of methoxy groups -OCH3 is 1. The molecule has 27 heavy (non-hydrogen) atoms. The Labute approximate surface area is 158 Å². The summed E-state index contributed by atoms with van der Waals surface area (Å²) in [5.41, 5.74) is 2.30. The van der Waals surface area contributed by atoms with E-state index in [4.69, 9.17) is 4.74 Å². The Hall–Kier alpha value is -2.87. The van der Waals surface area contributed by atoms with Crippen molar-refractivity contribution in [3.63, 3.8) is 0 Å². The third-order valence-electron chi connectivity index (χ3n) is 4.39. The molecular formula is C19H20N2O5S. The van der Waals surface area contributed by atoms with Crippen LogP contribution in [0.25, 0.3) is 0 Å². The fraction of sp³-hybridized carbons (Fsp3) is 0.263. The monoisotopic (exact) mass is 388 g/mol. The number of hydrogen-bond acceptors (Lipinski definition) is 5. The second-order valence-electron chi connectivity index (χ2n) is 6.38. The maximum Gasteiger partial charge on any atom is 0.261 e. The Morgan fingerprint density at radius 1 is 1.00 bits per heavy atom. The summed E-state index contributed by atoms with van der Waals surface area (Å²) in [6, 6.07) is 9.56. The second kappa shape index (κ2) is 7.03. The number of amides is 2. The minimum absolute atomic E-state index is 0.0632. The van der Waals surface area contributed by atoms with Gasteiger partial charge in [0.2, 0.25) is 11.8 Å². The zero-order valence-corrected chi connectivity index (χ0v) is 16.1. The summed E-state index contributed by atoms with van der Waals surface area (Å²) in [5.74, 6) is -0.505. The zero-order chi connectivity index (χ0) is 19.8. The molecule has 0 radical (unpaired) electrons. The highest BCUT2D eigenvalue weighted by Gasteiger charge is 2.33. The van der Waals surface area contributed by atoms with E-state index in [1.54, 1.807) is 13.0 Å². The molecule has 2 amide bonds. The molecule has 1 fully saturated rings. The molecule has 7 nitrogen and oxygen atoms in total. The van der Waals surface area contributed by atoms with Crippen molar-refractivity contribution in [3.05, 3.63) is 47.5 Å². The molecule has 0 bridgehead atoms. The molecule has 8 heteroatoms. The minimum atomic E-state index is -3.92. The number of sulfonamides is 1. The van der Waals surface area contributed by atoms with Crippen LogP contribution in [0.15, 0.2) is 41.3 Å². The normalized spacial score (nSPS) is 14.6. The van der Waals surface area contributed by atoms with Gasteiger partial charge in [-0.3, -0.25) is 14.3 Å². The zero-order valence-electron chi connectivity index (χ0n) is 15.3. The maximum atomic E-state index is 12.9. The fourth-order valence-corrected chi connectivity index (χ4v) is 4.05. The van der Waals surface area contributed by atoms with Gasteiger partial charge in [0.05, 0.1) is 23.4 Å². The molecule has 3 rings (SSSR count). The summed E-state index contributed by atoms with van der Waals surface area (Å²) in [6.07, 6.45) is 0.194. The highest BCUT2D eigenvalue weighted by Crippen LogP contribution is 2.34. The average molecular weight is 388 g/mol. The molecule has 1 N–H and O–H groups in total. The van der Waals surface area contributed by atoms with Gasteiger partial charge in [-0.15, -0.1) is 0 Å². The van der Waals surface area contributed by atoms with E-state index in [1.165, 1.54) is 25.3 Å². The number of benzene rings is 2. The van der Waals surface area contributed by atoms with E-state index in [2.05, 4.69) is 4.72 Å². The first kappa shape index (κ1) is 18.9. The first-order chi connectivity index (χ1) is 12.7. The van der Waals surface area contributed by atoms with Crippen LogP contribution in [0.5, 0.6) is 5.75 Å². The van der Waals surface area contributed by atoms with Crippen molar-refractivity contribution in [2.75, 3.05) is 16.7 Å². The summed E-state index contributed by atoms with van der Waals surface area (Å²) in [4.78, 5) is 25.1. The molecule has 0 spiro atoms. The van der Waals surface area contributed by atoms with Crippen LogP contribution in [0.1, 0.15) is 24.0 Å². The van der Waals surface area contributed by atoms with E-state index in [0.29, 0.717) is 5.69 Å². The number of imide groups is 1. The van der Waals surface area contributed by atoms with Crippen molar-refractivity contribution >= 4 is 33.2 Å². The van der Waals surface area contributed by atoms with Gasteiger partial charge in [0.15, 0.2) is 0 Å². The lowest BCUT2D eigenvalue weighted by molar-refractivity contribution is -0.121. The molecule has 1 saturated heterocycles. The first-order valence-corrected chi connectivity index (χ1v) is 9.85. The SMILES string of the molecule is COc1ccc(S(=O)(=O)Nc2cc(C)ccc2C)cc1N1C(=O)CCC1=O. The van der Waals surface area contributed by atoms with Crippen molar-refractivity contribution in [1.29, 1.82) is 0 Å². The number of anilines is 2. The summed E-state index contributed by atoms with van der Waals surface area (Å²) in [5, 5.41) is 0. The number of nitrogens with one attached hydrogen (secondary N) is 1. The molecule has 0 aromatic heterocycles. The highest BCUT2D eigenvalue weighted by atomic mass is 32.2. The van der Waals surface area contributed by atoms with Gasteiger partial charge in [0.25, 0.3) is 10.0 Å². The number of aryl methyl sites for hydroxylation is 2. The lowest BCUT2D eigenvalue weighted by Crippen LogP contribution is -2.29. The van der Waals surface area contributed by atoms with Crippen molar-refractivity contribution in [1.82, 2.24) is 0 Å². The van der Waals surface area contributed by atoms with E-state index in [0.717, 1.165) is 16.0 Å². The van der Waals surface area contributed by atoms with Crippen molar-refractivity contribution in [3.8, 4) is 5.75 Å². The standard InChI is InChI=1S/C19H20N2O5S/c1-12-4-5-13(2)15(10-12)20-27(24,25)14-6-7-17(26-3)16(11-14)21-18(22)8-9-19(21)23/h4-7,10-11,20H,8-9H2,1-3H3. The molecule has 142 valence electrons. The second-order valence-corrected chi connectivity index (χ2v) is 8.06. The molecule has 0 saturated carbocycles. The van der Waals surface area contributed by atoms with E-state index in [1.807, 2.05) is 19.1 Å². The van der Waals surface area contributed by atoms with Crippen molar-refractivity contribution in [2.24, 2.45) is 0 Å². The predicted molar refractivity (Wildman–Crippen MR) is 101 cm³/mol. The van der Waals surface area contributed by atoms with Crippen LogP contribution in [-0.4, -0.2) is 27.3 Å². The van der Waals surface area contributed by atoms with E-state index in [-0.39, 0.29) is 41.0 Å². The quantitative estimate of drug-likeness (QED) is 0.795. The lowest BCUT2D eigenvalue weighted by atomic mass is 10.1. The van der Waals surface area contributed by atoms with Crippen LogP contribution in [0.4, 0.5) is 11.4 Å². The smallest absolute Gasteiger partial charge is 0.261 e. The summed E-state index contributed by atoms with van der Waals surface area (Å²) in [6.45, 7) is 3.67. The number of ether oxygens (including phenoxy) is 1. The van der Waals surface area contributed by atoms with Gasteiger partial charge in [-0.1, -0.05) is 12.1 Å². The van der Waals surface area contributed by atoms with Gasteiger partial charge in [-0.25, -0.2) is 13.3 Å². The lowest BCUT2D eigenvalue weighted by Gasteiger charge is -2.19. The number of hydrogen-bond donors (Lipinski definition) is 1. The molecule has 0 atom stereocenters. The fourth-order valence-electron chi connectivity index (χ4n) is 2.91. The van der Waals surface area contributed by atoms with Crippen LogP contribution in [-0.2, 0) is 19.6 Å². The summed E-state index contributed by atoms with van der Waals surface area (Å²) < 4.78 is 33.5. The van der Waals surface area contributed by atoms with E-state index in [9.17, 15) is 18.0 Å². The summed E-state index contributed by atoms with van der Waals surface area (Å²) in [7, 11) is -2.52. The Bertz CT molecular complexity index is 1010. The van der Waals surface area contributed by atoms with E-state index < -0.39 is 10.0 Å². The first-order valence-electron chi connectivity index (χ1n) is 8.37. The third-order valence-corrected chi connectivity index (χ3v) is 5.75. The Kier molecular flexibility index (Phi) is 4.93. The van der Waals surface area contributed by atoms with Gasteiger partial charge >= 0.3 is 0 Å². The van der Waals surface area contributed by atoms with Gasteiger partial charge < -0.3 is 4.74 Å².